The van der Waals surface area contributed by atoms with Crippen LogP contribution in [0.15, 0.2) is 48.5 Å². The number of hydrogen-bond donors (Lipinski definition) is 1. The number of hydrogen-bond acceptors (Lipinski definition) is 4. The Morgan fingerprint density at radius 2 is 1.77 bits per heavy atom. The quantitative estimate of drug-likeness (QED) is 0.792. The van der Waals surface area contributed by atoms with Crippen LogP contribution in [0.1, 0.15) is 24.0 Å². The second-order valence-corrected chi connectivity index (χ2v) is 6.44. The highest BCUT2D eigenvalue weighted by molar-refractivity contribution is 5.78. The van der Waals surface area contributed by atoms with Crippen LogP contribution in [0, 0.1) is 0 Å². The smallest absolute Gasteiger partial charge is 0.260 e. The zero-order valence-electron chi connectivity index (χ0n) is 15.2. The number of nitrogens with one attached hydrogen (secondary N) is 1. The Hall–Kier alpha value is -2.53. The van der Waals surface area contributed by atoms with Crippen LogP contribution in [0.3, 0.4) is 0 Å². The summed E-state index contributed by atoms with van der Waals surface area (Å²) < 4.78 is 11.0. The van der Waals surface area contributed by atoms with E-state index in [1.807, 2.05) is 53.4 Å². The molecule has 0 atom stereocenters. The first-order chi connectivity index (χ1) is 12.8. The maximum absolute atomic E-state index is 12.2. The van der Waals surface area contributed by atoms with Crippen LogP contribution in [-0.2, 0) is 17.9 Å². The summed E-state index contributed by atoms with van der Waals surface area (Å²) in [4.78, 5) is 14.0. The minimum absolute atomic E-state index is 0.0727. The summed E-state index contributed by atoms with van der Waals surface area (Å²) in [5.41, 5.74) is 2.24. The number of benzene rings is 2. The van der Waals surface area contributed by atoms with E-state index in [0.29, 0.717) is 6.54 Å². The maximum atomic E-state index is 12.2. The molecule has 0 spiro atoms. The van der Waals surface area contributed by atoms with Crippen molar-refractivity contribution >= 4 is 5.91 Å². The van der Waals surface area contributed by atoms with Gasteiger partial charge in [0, 0.05) is 31.7 Å². The van der Waals surface area contributed by atoms with Gasteiger partial charge < -0.3 is 19.7 Å². The lowest BCUT2D eigenvalue weighted by molar-refractivity contribution is -0.132. The Kier molecular flexibility index (Phi) is 6.50. The molecule has 0 aromatic heterocycles. The average Bonchev–Trinajstić information content (AvgIpc) is 3.22. The Labute approximate surface area is 154 Å². The van der Waals surface area contributed by atoms with Gasteiger partial charge in [-0.2, -0.15) is 0 Å². The summed E-state index contributed by atoms with van der Waals surface area (Å²) in [6.07, 6.45) is 2.19. The van der Waals surface area contributed by atoms with Gasteiger partial charge in [0.1, 0.15) is 11.5 Å². The van der Waals surface area contributed by atoms with Crippen molar-refractivity contribution in [1.29, 1.82) is 0 Å². The Morgan fingerprint density at radius 3 is 2.50 bits per heavy atom. The second kappa shape index (κ2) is 9.25. The lowest BCUT2D eigenvalue weighted by Gasteiger charge is -2.17. The van der Waals surface area contributed by atoms with Crippen LogP contribution < -0.4 is 14.8 Å². The zero-order chi connectivity index (χ0) is 18.2. The normalized spacial score (nSPS) is 13.7. The molecule has 2 aromatic carbocycles. The Bertz CT molecular complexity index is 709. The van der Waals surface area contributed by atoms with Crippen molar-refractivity contribution in [2.75, 3.05) is 26.8 Å². The minimum atomic E-state index is 0.0727. The average molecular weight is 354 g/mol. The van der Waals surface area contributed by atoms with Crippen LogP contribution in [0.4, 0.5) is 0 Å². The molecule has 1 saturated heterocycles. The first kappa shape index (κ1) is 18.3. The van der Waals surface area contributed by atoms with Crippen molar-refractivity contribution in [3.8, 4) is 11.5 Å². The standard InChI is InChI=1S/C21H26N2O3/c1-25-19-10-8-17(9-11-19)14-22-15-18-6-2-3-7-20(18)26-16-21(24)23-12-4-5-13-23/h2-3,6-11,22H,4-5,12-16H2,1H3. The number of rotatable bonds is 8. The van der Waals surface area contributed by atoms with Crippen molar-refractivity contribution < 1.29 is 14.3 Å². The highest BCUT2D eigenvalue weighted by Crippen LogP contribution is 2.19. The molecule has 1 fully saturated rings. The summed E-state index contributed by atoms with van der Waals surface area (Å²) in [7, 11) is 1.67. The number of nitrogens with zero attached hydrogens (tertiary/aromatic N) is 1. The fourth-order valence-electron chi connectivity index (χ4n) is 3.07. The van der Waals surface area contributed by atoms with E-state index in [2.05, 4.69) is 5.32 Å². The molecule has 0 radical (unpaired) electrons. The molecule has 0 aliphatic carbocycles. The number of amides is 1. The molecule has 1 aliphatic rings. The third kappa shape index (κ3) is 4.99. The van der Waals surface area contributed by atoms with E-state index in [9.17, 15) is 4.79 Å². The van der Waals surface area contributed by atoms with E-state index in [0.717, 1.165) is 49.5 Å². The van der Waals surface area contributed by atoms with E-state index in [-0.39, 0.29) is 12.5 Å². The van der Waals surface area contributed by atoms with Crippen LogP contribution in [-0.4, -0.2) is 37.6 Å². The molecule has 0 saturated carbocycles. The van der Waals surface area contributed by atoms with Crippen LogP contribution in [0.5, 0.6) is 11.5 Å². The highest BCUT2D eigenvalue weighted by Gasteiger charge is 2.18. The fourth-order valence-corrected chi connectivity index (χ4v) is 3.07. The third-order valence-corrected chi connectivity index (χ3v) is 4.59. The monoisotopic (exact) mass is 354 g/mol. The van der Waals surface area contributed by atoms with Gasteiger partial charge in [-0.3, -0.25) is 4.79 Å². The Morgan fingerprint density at radius 1 is 1.04 bits per heavy atom. The van der Waals surface area contributed by atoms with E-state index >= 15 is 0 Å². The molecule has 1 heterocycles. The van der Waals surface area contributed by atoms with Gasteiger partial charge in [0.2, 0.25) is 0 Å². The van der Waals surface area contributed by atoms with Crippen molar-refractivity contribution in [2.24, 2.45) is 0 Å². The highest BCUT2D eigenvalue weighted by atomic mass is 16.5. The van der Waals surface area contributed by atoms with Crippen molar-refractivity contribution in [3.63, 3.8) is 0 Å². The minimum Gasteiger partial charge on any atom is -0.497 e. The molecule has 1 aliphatic heterocycles. The van der Waals surface area contributed by atoms with Crippen LogP contribution in [0.2, 0.25) is 0 Å². The Balaban J connectivity index is 1.50. The molecular formula is C21H26N2O3. The fraction of sp³-hybridized carbons (Fsp3) is 0.381. The molecule has 5 heteroatoms. The second-order valence-electron chi connectivity index (χ2n) is 6.44. The molecule has 0 bridgehead atoms. The molecule has 5 nitrogen and oxygen atoms in total. The molecule has 138 valence electrons. The lowest BCUT2D eigenvalue weighted by Crippen LogP contribution is -2.32. The molecule has 26 heavy (non-hydrogen) atoms. The van der Waals surface area contributed by atoms with E-state index in [1.165, 1.54) is 5.56 Å². The van der Waals surface area contributed by atoms with Gasteiger partial charge in [-0.25, -0.2) is 0 Å². The van der Waals surface area contributed by atoms with Gasteiger partial charge >= 0.3 is 0 Å². The number of ether oxygens (including phenoxy) is 2. The van der Waals surface area contributed by atoms with E-state index in [4.69, 9.17) is 9.47 Å². The lowest BCUT2D eigenvalue weighted by atomic mass is 10.2. The summed E-state index contributed by atoms with van der Waals surface area (Å²) in [5.74, 6) is 1.70. The number of likely N-dealkylation sites (tertiary alicyclic amines) is 1. The molecule has 0 unspecified atom stereocenters. The summed E-state index contributed by atoms with van der Waals surface area (Å²) in [5, 5.41) is 3.42. The molecule has 1 N–H and O–H groups in total. The van der Waals surface area contributed by atoms with E-state index in [1.54, 1.807) is 7.11 Å². The first-order valence-corrected chi connectivity index (χ1v) is 9.08. The van der Waals surface area contributed by atoms with Gasteiger partial charge in [-0.15, -0.1) is 0 Å². The van der Waals surface area contributed by atoms with Gasteiger partial charge in [0.25, 0.3) is 5.91 Å². The van der Waals surface area contributed by atoms with Crippen molar-refractivity contribution in [1.82, 2.24) is 10.2 Å². The maximum Gasteiger partial charge on any atom is 0.260 e. The van der Waals surface area contributed by atoms with Gasteiger partial charge in [0.05, 0.1) is 7.11 Å². The topological polar surface area (TPSA) is 50.8 Å². The number of para-hydroxylation sites is 1. The van der Waals surface area contributed by atoms with Gasteiger partial charge in [-0.1, -0.05) is 30.3 Å². The van der Waals surface area contributed by atoms with Crippen molar-refractivity contribution in [3.05, 3.63) is 59.7 Å². The predicted molar refractivity (Wildman–Crippen MR) is 101 cm³/mol. The number of carbonyl (C=O) groups excluding carboxylic acids is 1. The number of methoxy groups -OCH3 is 1. The molecule has 3 rings (SSSR count). The summed E-state index contributed by atoms with van der Waals surface area (Å²) >= 11 is 0. The number of carbonyl (C=O) groups is 1. The zero-order valence-corrected chi connectivity index (χ0v) is 15.2. The molecule has 1 amide bonds. The largest absolute Gasteiger partial charge is 0.497 e. The van der Waals surface area contributed by atoms with Gasteiger partial charge in [-0.05, 0) is 36.6 Å². The molecular weight excluding hydrogens is 328 g/mol. The predicted octanol–water partition coefficient (Wildman–Crippen LogP) is 2.99. The summed E-state index contributed by atoms with van der Waals surface area (Å²) in [6, 6.07) is 15.9. The van der Waals surface area contributed by atoms with Gasteiger partial charge in [0.15, 0.2) is 6.61 Å². The first-order valence-electron chi connectivity index (χ1n) is 9.08. The summed E-state index contributed by atoms with van der Waals surface area (Å²) in [6.45, 7) is 3.25. The SMILES string of the molecule is COc1ccc(CNCc2ccccc2OCC(=O)N2CCCC2)cc1. The van der Waals surface area contributed by atoms with Crippen LogP contribution in [0.25, 0.3) is 0 Å². The molecule has 2 aromatic rings. The van der Waals surface area contributed by atoms with E-state index < -0.39 is 0 Å². The van der Waals surface area contributed by atoms with Crippen LogP contribution >= 0.6 is 0 Å². The third-order valence-electron chi connectivity index (χ3n) is 4.59. The van der Waals surface area contributed by atoms with Crippen molar-refractivity contribution in [2.45, 2.75) is 25.9 Å².